The summed E-state index contributed by atoms with van der Waals surface area (Å²) in [6.45, 7) is 0.327. The molecule has 4 aliphatic rings. The fourth-order valence-electron chi connectivity index (χ4n) is 3.69. The minimum absolute atomic E-state index is 0.327. The van der Waals surface area contributed by atoms with Crippen molar-refractivity contribution >= 4 is 22.6 Å². The van der Waals surface area contributed by atoms with Gasteiger partial charge in [0.2, 0.25) is 6.79 Å². The van der Waals surface area contributed by atoms with Crippen LogP contribution in [0.25, 0.3) is 5.70 Å². The Morgan fingerprint density at radius 2 is 2.05 bits per heavy atom. The highest BCUT2D eigenvalue weighted by Crippen LogP contribution is 2.45. The lowest BCUT2D eigenvalue weighted by atomic mass is 9.90. The predicted octanol–water partition coefficient (Wildman–Crippen LogP) is 3.44. The molecule has 1 saturated carbocycles. The van der Waals surface area contributed by atoms with Crippen molar-refractivity contribution in [2.75, 3.05) is 6.79 Å². The standard InChI is InChI=1S/C16H16N2O2S/c1-2-4-12-11(3-1)17-16-18(12)13(8-21-16)10-5-6-14-15(7-10)20-9-19-14/h5-8,11-12H,1-4,9H2/t11-,12-/m0/s1. The van der Waals surface area contributed by atoms with Crippen molar-refractivity contribution in [2.24, 2.45) is 4.99 Å². The van der Waals surface area contributed by atoms with E-state index in [4.69, 9.17) is 14.5 Å². The van der Waals surface area contributed by atoms with Crippen molar-refractivity contribution in [3.8, 4) is 11.5 Å². The second-order valence-corrected chi connectivity index (χ2v) is 6.73. The Labute approximate surface area is 127 Å². The minimum Gasteiger partial charge on any atom is -0.454 e. The van der Waals surface area contributed by atoms with E-state index in [9.17, 15) is 0 Å². The number of benzene rings is 1. The van der Waals surface area contributed by atoms with Crippen LogP contribution in [0.3, 0.4) is 0 Å². The number of ether oxygens (including phenoxy) is 2. The Hall–Kier alpha value is -1.62. The second-order valence-electron chi connectivity index (χ2n) is 5.89. The number of amidine groups is 1. The average Bonchev–Trinajstić information content (AvgIpc) is 3.20. The molecule has 0 aromatic heterocycles. The third-order valence-corrected chi connectivity index (χ3v) is 5.57. The molecule has 5 rings (SSSR count). The molecule has 1 fully saturated rings. The summed E-state index contributed by atoms with van der Waals surface area (Å²) in [5.74, 6) is 1.69. The number of fused-ring (bicyclic) bond motifs is 4. The Balaban J connectivity index is 1.51. The van der Waals surface area contributed by atoms with Crippen LogP contribution >= 0.6 is 11.8 Å². The van der Waals surface area contributed by atoms with Crippen LogP contribution in [0.1, 0.15) is 31.2 Å². The van der Waals surface area contributed by atoms with Gasteiger partial charge < -0.3 is 14.4 Å². The minimum atomic E-state index is 0.327. The molecule has 0 saturated heterocycles. The average molecular weight is 300 g/mol. The first-order valence-corrected chi connectivity index (χ1v) is 8.42. The van der Waals surface area contributed by atoms with Crippen LogP contribution in [-0.4, -0.2) is 28.9 Å². The van der Waals surface area contributed by atoms with Crippen molar-refractivity contribution in [1.82, 2.24) is 4.90 Å². The summed E-state index contributed by atoms with van der Waals surface area (Å²) in [5, 5.41) is 3.40. The van der Waals surface area contributed by atoms with Crippen LogP contribution in [0.5, 0.6) is 11.5 Å². The zero-order valence-corrected chi connectivity index (χ0v) is 12.4. The first-order valence-electron chi connectivity index (χ1n) is 7.54. The molecule has 2 atom stereocenters. The van der Waals surface area contributed by atoms with Crippen LogP contribution in [0.2, 0.25) is 0 Å². The topological polar surface area (TPSA) is 34.1 Å². The van der Waals surface area contributed by atoms with Crippen LogP contribution < -0.4 is 9.47 Å². The lowest BCUT2D eigenvalue weighted by molar-refractivity contribution is 0.174. The van der Waals surface area contributed by atoms with Gasteiger partial charge in [-0.2, -0.15) is 0 Å². The number of hydrogen-bond donors (Lipinski definition) is 0. The zero-order valence-electron chi connectivity index (χ0n) is 11.6. The molecule has 4 nitrogen and oxygen atoms in total. The molecule has 108 valence electrons. The summed E-state index contributed by atoms with van der Waals surface area (Å²) in [4.78, 5) is 7.37. The van der Waals surface area contributed by atoms with Gasteiger partial charge in [-0.05, 0) is 31.0 Å². The maximum Gasteiger partial charge on any atom is 0.231 e. The van der Waals surface area contributed by atoms with Crippen molar-refractivity contribution < 1.29 is 9.47 Å². The molecule has 1 aromatic rings. The van der Waals surface area contributed by atoms with Gasteiger partial charge in [0.1, 0.15) is 0 Å². The molecule has 0 bridgehead atoms. The van der Waals surface area contributed by atoms with Gasteiger partial charge in [0, 0.05) is 11.0 Å². The normalized spacial score (nSPS) is 29.0. The summed E-state index contributed by atoms with van der Waals surface area (Å²) in [6, 6.07) is 7.28. The first kappa shape index (κ1) is 12.0. The van der Waals surface area contributed by atoms with E-state index >= 15 is 0 Å². The second kappa shape index (κ2) is 4.44. The number of rotatable bonds is 1. The zero-order chi connectivity index (χ0) is 13.8. The smallest absolute Gasteiger partial charge is 0.231 e. The Bertz CT molecular complexity index is 670. The van der Waals surface area contributed by atoms with Gasteiger partial charge in [0.05, 0.1) is 17.8 Å². The Morgan fingerprint density at radius 3 is 3.05 bits per heavy atom. The van der Waals surface area contributed by atoms with E-state index in [1.807, 2.05) is 6.07 Å². The van der Waals surface area contributed by atoms with Crippen LogP contribution in [0, 0.1) is 0 Å². The monoisotopic (exact) mass is 300 g/mol. The van der Waals surface area contributed by atoms with E-state index in [2.05, 4.69) is 22.4 Å². The summed E-state index contributed by atoms with van der Waals surface area (Å²) in [5.41, 5.74) is 2.47. The molecule has 1 aliphatic carbocycles. The number of hydrogen-bond acceptors (Lipinski definition) is 5. The highest BCUT2D eigenvalue weighted by Gasteiger charge is 2.42. The molecule has 3 heterocycles. The van der Waals surface area contributed by atoms with Gasteiger partial charge >= 0.3 is 0 Å². The van der Waals surface area contributed by atoms with Crippen molar-refractivity contribution in [3.05, 3.63) is 29.2 Å². The summed E-state index contributed by atoms with van der Waals surface area (Å²) in [6.07, 6.45) is 5.12. The number of thioether (sulfide) groups is 1. The SMILES string of the molecule is C1=C(c2ccc3c(c2)OCO3)N2C(=N[C@H]3CCCC[C@@H]32)S1. The first-order chi connectivity index (χ1) is 10.4. The molecular weight excluding hydrogens is 284 g/mol. The molecule has 0 radical (unpaired) electrons. The fourth-order valence-corrected chi connectivity index (χ4v) is 4.70. The molecule has 0 spiro atoms. The summed E-state index contributed by atoms with van der Waals surface area (Å²) >= 11 is 1.76. The molecular formula is C16H16N2O2S. The van der Waals surface area contributed by atoms with Gasteiger partial charge in [0.15, 0.2) is 16.7 Å². The Kier molecular flexibility index (Phi) is 2.53. The van der Waals surface area contributed by atoms with E-state index in [0.717, 1.165) is 11.5 Å². The highest BCUT2D eigenvalue weighted by atomic mass is 32.2. The van der Waals surface area contributed by atoms with E-state index < -0.39 is 0 Å². The highest BCUT2D eigenvalue weighted by molar-refractivity contribution is 8.16. The molecule has 0 N–H and O–H groups in total. The molecule has 21 heavy (non-hydrogen) atoms. The van der Waals surface area contributed by atoms with Crippen LogP contribution in [-0.2, 0) is 0 Å². The van der Waals surface area contributed by atoms with Crippen LogP contribution in [0.4, 0.5) is 0 Å². The number of nitrogens with zero attached hydrogens (tertiary/aromatic N) is 2. The summed E-state index contributed by atoms with van der Waals surface area (Å²) < 4.78 is 10.9. The molecule has 5 heteroatoms. The van der Waals surface area contributed by atoms with E-state index in [0.29, 0.717) is 18.9 Å². The van der Waals surface area contributed by atoms with Gasteiger partial charge in [-0.3, -0.25) is 4.99 Å². The van der Waals surface area contributed by atoms with Crippen molar-refractivity contribution in [1.29, 1.82) is 0 Å². The molecule has 3 aliphatic heterocycles. The van der Waals surface area contributed by atoms with Gasteiger partial charge in [-0.25, -0.2) is 0 Å². The molecule has 0 amide bonds. The number of aliphatic imine (C=N–C) groups is 1. The Morgan fingerprint density at radius 1 is 1.14 bits per heavy atom. The van der Waals surface area contributed by atoms with Gasteiger partial charge in [-0.15, -0.1) is 0 Å². The molecule has 1 aromatic carbocycles. The van der Waals surface area contributed by atoms with E-state index in [1.54, 1.807) is 11.8 Å². The summed E-state index contributed by atoms with van der Waals surface area (Å²) in [7, 11) is 0. The van der Waals surface area contributed by atoms with E-state index in [1.165, 1.54) is 42.1 Å². The molecule has 0 unspecified atom stereocenters. The third-order valence-electron chi connectivity index (χ3n) is 4.71. The maximum absolute atomic E-state index is 5.51. The van der Waals surface area contributed by atoms with Gasteiger partial charge in [0.25, 0.3) is 0 Å². The lowest BCUT2D eigenvalue weighted by Crippen LogP contribution is -2.38. The maximum atomic E-state index is 5.51. The fraction of sp³-hybridized carbons (Fsp3) is 0.438. The van der Waals surface area contributed by atoms with Crippen molar-refractivity contribution in [2.45, 2.75) is 37.8 Å². The quantitative estimate of drug-likeness (QED) is 0.795. The van der Waals surface area contributed by atoms with Crippen LogP contribution in [0.15, 0.2) is 28.6 Å². The predicted molar refractivity (Wildman–Crippen MR) is 83.5 cm³/mol. The van der Waals surface area contributed by atoms with Gasteiger partial charge in [-0.1, -0.05) is 24.6 Å². The third kappa shape index (κ3) is 1.73. The van der Waals surface area contributed by atoms with E-state index in [-0.39, 0.29) is 0 Å². The lowest BCUT2D eigenvalue weighted by Gasteiger charge is -2.32. The van der Waals surface area contributed by atoms with Crippen molar-refractivity contribution in [3.63, 3.8) is 0 Å². The largest absolute Gasteiger partial charge is 0.454 e.